The average molecular weight is 151 g/mol. The van der Waals surface area contributed by atoms with E-state index in [1.165, 1.54) is 0 Å². The van der Waals surface area contributed by atoms with Gasteiger partial charge in [-0.15, -0.1) is 0 Å². The molecule has 4 nitrogen and oxygen atoms in total. The van der Waals surface area contributed by atoms with Crippen LogP contribution < -0.4 is 5.43 Å². The van der Waals surface area contributed by atoms with E-state index in [1.807, 2.05) is 0 Å². The van der Waals surface area contributed by atoms with E-state index < -0.39 is 0 Å². The molecule has 11 heavy (non-hydrogen) atoms. The van der Waals surface area contributed by atoms with Crippen molar-refractivity contribution in [3.63, 3.8) is 0 Å². The summed E-state index contributed by atoms with van der Waals surface area (Å²) >= 11 is 0. The molecule has 0 saturated carbocycles. The lowest BCUT2D eigenvalue weighted by atomic mass is 10.2. The third-order valence-electron chi connectivity index (χ3n) is 1.29. The third kappa shape index (κ3) is 2.01. The van der Waals surface area contributed by atoms with Crippen molar-refractivity contribution in [2.45, 2.75) is 6.61 Å². The fraction of sp³-hybridized carbons (Fsp3) is 0.143. The topological polar surface area (TPSA) is 68.5 Å². The Morgan fingerprint density at radius 2 is 2.36 bits per heavy atom. The second-order valence-corrected chi connectivity index (χ2v) is 2.08. The SMILES string of the molecule is N=NNc1cccc(CO)c1. The number of hydrogen-bond acceptors (Lipinski definition) is 3. The van der Waals surface area contributed by atoms with Gasteiger partial charge >= 0.3 is 0 Å². The molecule has 0 spiro atoms. The average Bonchev–Trinajstić information content (AvgIpc) is 2.06. The Balaban J connectivity index is 2.82. The first kappa shape index (κ1) is 7.68. The van der Waals surface area contributed by atoms with Crippen LogP contribution in [0.4, 0.5) is 5.69 Å². The highest BCUT2D eigenvalue weighted by atomic mass is 16.3. The maximum atomic E-state index is 8.72. The molecule has 1 aromatic rings. The van der Waals surface area contributed by atoms with Gasteiger partial charge in [-0.2, -0.15) is 5.53 Å². The van der Waals surface area contributed by atoms with Gasteiger partial charge in [-0.3, -0.25) is 5.43 Å². The van der Waals surface area contributed by atoms with Crippen LogP contribution in [0.15, 0.2) is 29.5 Å². The zero-order valence-corrected chi connectivity index (χ0v) is 5.91. The van der Waals surface area contributed by atoms with Crippen LogP contribution in [-0.4, -0.2) is 5.11 Å². The minimum atomic E-state index is 0.00746. The predicted molar refractivity (Wildman–Crippen MR) is 41.1 cm³/mol. The Hall–Kier alpha value is -1.42. The van der Waals surface area contributed by atoms with Crippen molar-refractivity contribution in [3.8, 4) is 0 Å². The molecule has 1 rings (SSSR count). The van der Waals surface area contributed by atoms with Crippen LogP contribution in [0.1, 0.15) is 5.56 Å². The van der Waals surface area contributed by atoms with Crippen molar-refractivity contribution in [2.24, 2.45) is 5.22 Å². The molecule has 0 aliphatic rings. The molecule has 0 heterocycles. The maximum Gasteiger partial charge on any atom is 0.0682 e. The van der Waals surface area contributed by atoms with E-state index >= 15 is 0 Å². The first-order valence-electron chi connectivity index (χ1n) is 3.19. The van der Waals surface area contributed by atoms with Crippen molar-refractivity contribution >= 4 is 5.69 Å². The molecule has 3 N–H and O–H groups in total. The molecule has 0 radical (unpaired) electrons. The number of aliphatic hydroxyl groups excluding tert-OH is 1. The van der Waals surface area contributed by atoms with E-state index in [0.29, 0.717) is 5.69 Å². The van der Waals surface area contributed by atoms with Gasteiger partial charge in [0.25, 0.3) is 0 Å². The van der Waals surface area contributed by atoms with E-state index in [4.69, 9.17) is 10.6 Å². The molecule has 0 atom stereocenters. The second-order valence-electron chi connectivity index (χ2n) is 2.08. The van der Waals surface area contributed by atoms with E-state index in [2.05, 4.69) is 10.6 Å². The second kappa shape index (κ2) is 3.68. The summed E-state index contributed by atoms with van der Waals surface area (Å²) in [5, 5.41) is 11.7. The van der Waals surface area contributed by atoms with Gasteiger partial charge in [0.2, 0.25) is 0 Å². The molecule has 0 aliphatic heterocycles. The van der Waals surface area contributed by atoms with E-state index in [9.17, 15) is 0 Å². The molecular weight excluding hydrogens is 142 g/mol. The van der Waals surface area contributed by atoms with Gasteiger partial charge in [-0.1, -0.05) is 17.4 Å². The Kier molecular flexibility index (Phi) is 2.57. The van der Waals surface area contributed by atoms with Crippen LogP contribution in [0, 0.1) is 5.53 Å². The summed E-state index contributed by atoms with van der Waals surface area (Å²) in [5.41, 5.74) is 10.5. The van der Waals surface area contributed by atoms with Crippen LogP contribution in [0.3, 0.4) is 0 Å². The summed E-state index contributed by atoms with van der Waals surface area (Å²) in [6, 6.07) is 7.10. The number of hydrogen-bond donors (Lipinski definition) is 3. The molecule has 0 unspecified atom stereocenters. The molecule has 1 aromatic carbocycles. The molecule has 0 aliphatic carbocycles. The Labute approximate surface area is 64.3 Å². The lowest BCUT2D eigenvalue weighted by molar-refractivity contribution is 0.282. The third-order valence-corrected chi connectivity index (χ3v) is 1.29. The van der Waals surface area contributed by atoms with Crippen molar-refractivity contribution in [3.05, 3.63) is 29.8 Å². The molecule has 0 bridgehead atoms. The lowest BCUT2D eigenvalue weighted by Crippen LogP contribution is -1.88. The Morgan fingerprint density at radius 3 is 3.00 bits per heavy atom. The van der Waals surface area contributed by atoms with Crippen LogP contribution in [0.2, 0.25) is 0 Å². The maximum absolute atomic E-state index is 8.72. The van der Waals surface area contributed by atoms with Crippen molar-refractivity contribution < 1.29 is 5.11 Å². The molecule has 58 valence electrons. The van der Waals surface area contributed by atoms with Crippen LogP contribution in [0.5, 0.6) is 0 Å². The molecule has 0 amide bonds. The van der Waals surface area contributed by atoms with E-state index in [0.717, 1.165) is 5.56 Å². The smallest absolute Gasteiger partial charge is 0.0682 e. The summed E-state index contributed by atoms with van der Waals surface area (Å²) in [5.74, 6) is 0. The van der Waals surface area contributed by atoms with Crippen molar-refractivity contribution in [1.29, 1.82) is 5.53 Å². The standard InChI is InChI=1S/C7H9N3O/c8-10-9-7-3-1-2-6(4-7)5-11/h1-4,11H,5H2,(H2,8,9). The highest BCUT2D eigenvalue weighted by Crippen LogP contribution is 2.09. The number of aliphatic hydroxyl groups is 1. The highest BCUT2D eigenvalue weighted by Gasteiger charge is 1.91. The lowest BCUT2D eigenvalue weighted by Gasteiger charge is -1.99. The number of benzene rings is 1. The minimum Gasteiger partial charge on any atom is -0.392 e. The van der Waals surface area contributed by atoms with E-state index in [1.54, 1.807) is 24.3 Å². The number of nitrogens with one attached hydrogen (secondary N) is 2. The largest absolute Gasteiger partial charge is 0.392 e. The van der Waals surface area contributed by atoms with Gasteiger partial charge in [0.05, 0.1) is 12.3 Å². The van der Waals surface area contributed by atoms with Crippen LogP contribution in [-0.2, 0) is 6.61 Å². The quantitative estimate of drug-likeness (QED) is 0.453. The minimum absolute atomic E-state index is 0.00746. The first-order valence-corrected chi connectivity index (χ1v) is 3.19. The van der Waals surface area contributed by atoms with Crippen molar-refractivity contribution in [2.75, 3.05) is 5.43 Å². The van der Waals surface area contributed by atoms with Crippen LogP contribution in [0.25, 0.3) is 0 Å². The molecule has 0 fully saturated rings. The normalized spacial score (nSPS) is 9.18. The molecule has 0 aromatic heterocycles. The van der Waals surface area contributed by atoms with Gasteiger partial charge in [0, 0.05) is 0 Å². The van der Waals surface area contributed by atoms with Crippen molar-refractivity contribution in [1.82, 2.24) is 0 Å². The van der Waals surface area contributed by atoms with Crippen LogP contribution >= 0.6 is 0 Å². The number of anilines is 1. The summed E-state index contributed by atoms with van der Waals surface area (Å²) in [7, 11) is 0. The number of rotatable bonds is 3. The number of nitrogens with zero attached hydrogens (tertiary/aromatic N) is 1. The van der Waals surface area contributed by atoms with Gasteiger partial charge in [-0.05, 0) is 17.7 Å². The zero-order chi connectivity index (χ0) is 8.10. The monoisotopic (exact) mass is 151 g/mol. The van der Waals surface area contributed by atoms with Gasteiger partial charge in [-0.25, -0.2) is 0 Å². The van der Waals surface area contributed by atoms with Gasteiger partial charge < -0.3 is 5.11 Å². The summed E-state index contributed by atoms with van der Waals surface area (Å²) in [6.45, 7) is 0.00746. The fourth-order valence-corrected chi connectivity index (χ4v) is 0.804. The zero-order valence-electron chi connectivity index (χ0n) is 5.91. The predicted octanol–water partition coefficient (Wildman–Crippen LogP) is 1.54. The molecular formula is C7H9N3O. The molecule has 0 saturated heterocycles. The Morgan fingerprint density at radius 1 is 1.55 bits per heavy atom. The summed E-state index contributed by atoms with van der Waals surface area (Å²) < 4.78 is 0. The fourth-order valence-electron chi connectivity index (χ4n) is 0.804. The Bertz CT molecular complexity index is 249. The highest BCUT2D eigenvalue weighted by molar-refractivity contribution is 5.44. The summed E-state index contributed by atoms with van der Waals surface area (Å²) in [6.07, 6.45) is 0. The summed E-state index contributed by atoms with van der Waals surface area (Å²) in [4.78, 5) is 0. The van der Waals surface area contributed by atoms with Gasteiger partial charge in [0.1, 0.15) is 0 Å². The van der Waals surface area contributed by atoms with E-state index in [-0.39, 0.29) is 6.61 Å². The van der Waals surface area contributed by atoms with Gasteiger partial charge in [0.15, 0.2) is 0 Å². The first-order chi connectivity index (χ1) is 5.36. The molecule has 4 heteroatoms.